The van der Waals surface area contributed by atoms with E-state index in [4.69, 9.17) is 9.42 Å². The smallest absolute Gasteiger partial charge is 0.229 e. The van der Waals surface area contributed by atoms with Crippen molar-refractivity contribution in [2.75, 3.05) is 0 Å². The molecule has 0 fully saturated rings. The normalized spacial score (nSPS) is 13.4. The molecule has 1 aromatic carbocycles. The minimum Gasteiger partial charge on any atom is -0.229 e. The summed E-state index contributed by atoms with van der Waals surface area (Å²) in [5.74, 6) is 0.550. The first kappa shape index (κ1) is 16.1. The molecular weight excluding hydrogens is 259 g/mol. The lowest BCUT2D eigenvalue weighted by molar-refractivity contribution is 0.396. The topological polar surface area (TPSA) is 46.5 Å². The van der Waals surface area contributed by atoms with Gasteiger partial charge in [-0.1, -0.05) is 59.2 Å². The van der Waals surface area contributed by atoms with Gasteiger partial charge in [0.2, 0.25) is 0 Å². The summed E-state index contributed by atoms with van der Waals surface area (Å²) in [6, 6.07) is 4.06. The van der Waals surface area contributed by atoms with Crippen molar-refractivity contribution in [2.24, 2.45) is 0 Å². The van der Waals surface area contributed by atoms with Crippen molar-refractivity contribution in [3.63, 3.8) is 0 Å². The SMILES string of the molecule is Cc1cc(C(C)(C)C)c(O[P+](=O)O)c(C(C)(C)C)c1. The molecule has 19 heavy (non-hydrogen) atoms. The van der Waals surface area contributed by atoms with Crippen molar-refractivity contribution in [1.29, 1.82) is 0 Å². The highest BCUT2D eigenvalue weighted by atomic mass is 31.1. The highest BCUT2D eigenvalue weighted by molar-refractivity contribution is 7.32. The van der Waals surface area contributed by atoms with E-state index >= 15 is 0 Å². The van der Waals surface area contributed by atoms with Gasteiger partial charge in [0.15, 0.2) is 5.75 Å². The fraction of sp³-hybridized carbons (Fsp3) is 0.600. The molecule has 0 spiro atoms. The largest absolute Gasteiger partial charge is 0.747 e. The third-order valence-electron chi connectivity index (χ3n) is 3.02. The van der Waals surface area contributed by atoms with Gasteiger partial charge in [0, 0.05) is 15.7 Å². The van der Waals surface area contributed by atoms with E-state index in [2.05, 4.69) is 41.5 Å². The van der Waals surface area contributed by atoms with Gasteiger partial charge in [-0.15, -0.1) is 4.89 Å². The van der Waals surface area contributed by atoms with Crippen LogP contribution in [0.15, 0.2) is 12.1 Å². The molecule has 0 aromatic heterocycles. The monoisotopic (exact) mass is 283 g/mol. The number of aryl methyl sites for hydroxylation is 1. The highest BCUT2D eigenvalue weighted by Gasteiger charge is 2.32. The second-order valence-corrected chi connectivity index (χ2v) is 7.68. The van der Waals surface area contributed by atoms with Crippen LogP contribution in [0.25, 0.3) is 0 Å². The Bertz CT molecular complexity index is 458. The lowest BCUT2D eigenvalue weighted by Crippen LogP contribution is -2.19. The van der Waals surface area contributed by atoms with E-state index in [1.165, 1.54) is 0 Å². The Balaban J connectivity index is 3.63. The number of hydrogen-bond donors (Lipinski definition) is 1. The molecule has 0 saturated carbocycles. The van der Waals surface area contributed by atoms with Gasteiger partial charge < -0.3 is 0 Å². The van der Waals surface area contributed by atoms with E-state index in [0.29, 0.717) is 5.75 Å². The van der Waals surface area contributed by atoms with Crippen LogP contribution < -0.4 is 4.52 Å². The Morgan fingerprint density at radius 2 is 1.37 bits per heavy atom. The lowest BCUT2D eigenvalue weighted by atomic mass is 9.78. The summed E-state index contributed by atoms with van der Waals surface area (Å²) in [5, 5.41) is 0. The highest BCUT2D eigenvalue weighted by Crippen LogP contribution is 2.43. The zero-order chi connectivity index (χ0) is 15.0. The summed E-state index contributed by atoms with van der Waals surface area (Å²) in [5.41, 5.74) is 2.78. The minimum absolute atomic E-state index is 0.146. The van der Waals surface area contributed by atoms with Gasteiger partial charge in [0.05, 0.1) is 0 Å². The van der Waals surface area contributed by atoms with Crippen LogP contribution >= 0.6 is 8.25 Å². The third-order valence-corrected chi connectivity index (χ3v) is 3.36. The zero-order valence-electron chi connectivity index (χ0n) is 12.9. The summed E-state index contributed by atoms with van der Waals surface area (Å²) in [4.78, 5) is 9.14. The second kappa shape index (κ2) is 5.22. The summed E-state index contributed by atoms with van der Waals surface area (Å²) in [6.07, 6.45) is 0. The van der Waals surface area contributed by atoms with Crippen LogP contribution in [-0.2, 0) is 15.4 Å². The summed E-state index contributed by atoms with van der Waals surface area (Å²) < 4.78 is 16.4. The molecule has 1 atom stereocenters. The molecule has 0 aliphatic heterocycles. The van der Waals surface area contributed by atoms with Gasteiger partial charge in [0.1, 0.15) is 0 Å². The maximum atomic E-state index is 11.1. The predicted molar refractivity (Wildman–Crippen MR) is 79.0 cm³/mol. The van der Waals surface area contributed by atoms with Crippen molar-refractivity contribution in [2.45, 2.75) is 59.3 Å². The Kier molecular flexibility index (Phi) is 4.44. The number of benzene rings is 1. The number of rotatable bonds is 2. The first-order valence-electron chi connectivity index (χ1n) is 6.42. The molecule has 0 aliphatic rings. The first-order valence-corrected chi connectivity index (χ1v) is 7.55. The molecule has 0 amide bonds. The third kappa shape index (κ3) is 4.02. The van der Waals surface area contributed by atoms with Crippen molar-refractivity contribution in [1.82, 2.24) is 0 Å². The molecule has 3 nitrogen and oxygen atoms in total. The first-order chi connectivity index (χ1) is 8.43. The Morgan fingerprint density at radius 3 is 1.63 bits per heavy atom. The van der Waals surface area contributed by atoms with Crippen molar-refractivity contribution >= 4 is 8.25 Å². The standard InChI is InChI=1S/C15H23O3P/c1-10-8-11(14(2,3)4)13(18-19(16)17)12(9-10)15(5,6)7/h8-9H,1-7H3/p+1. The molecule has 4 heteroatoms. The molecule has 1 aromatic rings. The van der Waals surface area contributed by atoms with Gasteiger partial charge in [-0.2, -0.15) is 0 Å². The van der Waals surface area contributed by atoms with E-state index in [9.17, 15) is 4.57 Å². The van der Waals surface area contributed by atoms with Crippen LogP contribution in [0.5, 0.6) is 5.75 Å². The van der Waals surface area contributed by atoms with Gasteiger partial charge >= 0.3 is 8.25 Å². The van der Waals surface area contributed by atoms with Crippen LogP contribution in [0.4, 0.5) is 0 Å². The average molecular weight is 283 g/mol. The Hall–Kier alpha value is -0.920. The number of hydrogen-bond acceptors (Lipinski definition) is 2. The van der Waals surface area contributed by atoms with Crippen LogP contribution in [0.1, 0.15) is 58.2 Å². The lowest BCUT2D eigenvalue weighted by Gasteiger charge is -2.27. The molecule has 0 heterocycles. The van der Waals surface area contributed by atoms with Crippen LogP contribution in [-0.4, -0.2) is 4.89 Å². The zero-order valence-corrected chi connectivity index (χ0v) is 13.8. The van der Waals surface area contributed by atoms with E-state index in [1.807, 2.05) is 19.1 Å². The maximum absolute atomic E-state index is 11.1. The molecule has 1 unspecified atom stereocenters. The van der Waals surface area contributed by atoms with Crippen LogP contribution in [0.2, 0.25) is 0 Å². The van der Waals surface area contributed by atoms with Crippen molar-refractivity contribution < 1.29 is 14.0 Å². The quantitative estimate of drug-likeness (QED) is 0.806. The van der Waals surface area contributed by atoms with Crippen molar-refractivity contribution in [3.05, 3.63) is 28.8 Å². The molecule has 0 saturated heterocycles. The van der Waals surface area contributed by atoms with Crippen LogP contribution in [0, 0.1) is 6.92 Å². The Morgan fingerprint density at radius 1 is 1.00 bits per heavy atom. The molecule has 0 radical (unpaired) electrons. The van der Waals surface area contributed by atoms with Crippen molar-refractivity contribution in [3.8, 4) is 5.75 Å². The molecule has 1 N–H and O–H groups in total. The summed E-state index contributed by atoms with van der Waals surface area (Å²) >= 11 is 0. The fourth-order valence-corrected chi connectivity index (χ4v) is 2.42. The van der Waals surface area contributed by atoms with Gasteiger partial charge in [-0.25, -0.2) is 4.52 Å². The fourth-order valence-electron chi connectivity index (χ4n) is 2.06. The molecule has 0 aliphatic carbocycles. The van der Waals surface area contributed by atoms with Gasteiger partial charge in [-0.3, -0.25) is 0 Å². The van der Waals surface area contributed by atoms with Crippen LogP contribution in [0.3, 0.4) is 0 Å². The molecule has 1 rings (SSSR count). The maximum Gasteiger partial charge on any atom is 0.747 e. The van der Waals surface area contributed by atoms with E-state index in [-0.39, 0.29) is 10.8 Å². The molecular formula is C15H24O3P+. The predicted octanol–water partition coefficient (Wildman–Crippen LogP) is 4.62. The summed E-state index contributed by atoms with van der Waals surface area (Å²) in [7, 11) is -2.66. The summed E-state index contributed by atoms with van der Waals surface area (Å²) in [6.45, 7) is 14.5. The average Bonchev–Trinajstić information content (AvgIpc) is 2.16. The molecule has 0 bridgehead atoms. The van der Waals surface area contributed by atoms with E-state index in [1.54, 1.807) is 0 Å². The molecule has 106 valence electrons. The van der Waals surface area contributed by atoms with Gasteiger partial charge in [-0.05, 0) is 17.8 Å². The van der Waals surface area contributed by atoms with E-state index in [0.717, 1.165) is 16.7 Å². The minimum atomic E-state index is -2.66. The second-order valence-electron chi connectivity index (χ2n) is 7.02. The van der Waals surface area contributed by atoms with Gasteiger partial charge in [0.25, 0.3) is 0 Å². The van der Waals surface area contributed by atoms with E-state index < -0.39 is 8.25 Å². The Labute approximate surface area is 117 Å².